The van der Waals surface area contributed by atoms with Crippen LogP contribution in [0.25, 0.3) is 0 Å². The Morgan fingerprint density at radius 1 is 1.09 bits per heavy atom. The highest BCUT2D eigenvalue weighted by atomic mass is 16.5. The minimum Gasteiger partial charge on any atom is -0.465 e. The molecule has 0 unspecified atom stereocenters. The summed E-state index contributed by atoms with van der Waals surface area (Å²) in [6, 6.07) is 0. The third-order valence-electron chi connectivity index (χ3n) is 3.12. The molecule has 1 rings (SSSR count). The molecule has 1 aliphatic carbocycles. The molecule has 22 heavy (non-hydrogen) atoms. The second-order valence-electron chi connectivity index (χ2n) is 5.03. The van der Waals surface area contributed by atoms with E-state index in [-0.39, 0.29) is 16.9 Å². The van der Waals surface area contributed by atoms with Gasteiger partial charge in [0.1, 0.15) is 0 Å². The normalized spacial score (nSPS) is 15.2. The van der Waals surface area contributed by atoms with Crippen LogP contribution in [0.1, 0.15) is 19.3 Å². The fraction of sp³-hybridized carbons (Fsp3) is 0.438. The molecule has 0 atom stereocenters. The number of allylic oxidation sites excluding steroid dienone is 3. The molecule has 1 aliphatic rings. The lowest BCUT2D eigenvalue weighted by Gasteiger charge is -2.12. The van der Waals surface area contributed by atoms with E-state index in [0.717, 1.165) is 18.9 Å². The van der Waals surface area contributed by atoms with Crippen LogP contribution in [-0.2, 0) is 23.9 Å². The van der Waals surface area contributed by atoms with Crippen molar-refractivity contribution >= 4 is 17.7 Å². The van der Waals surface area contributed by atoms with Gasteiger partial charge in [0, 0.05) is 26.4 Å². The Labute approximate surface area is 130 Å². The monoisotopic (exact) mass is 307 g/mol. The molecule has 0 heterocycles. The molecule has 0 spiro atoms. The summed E-state index contributed by atoms with van der Waals surface area (Å²) in [4.78, 5) is 37.7. The van der Waals surface area contributed by atoms with Crippen LogP contribution in [0.3, 0.4) is 0 Å². The summed E-state index contributed by atoms with van der Waals surface area (Å²) < 4.78 is 9.37. The van der Waals surface area contributed by atoms with Crippen LogP contribution in [0.5, 0.6) is 0 Å². The van der Waals surface area contributed by atoms with Gasteiger partial charge in [-0.05, 0) is 24.8 Å². The molecule has 0 fully saturated rings. The highest BCUT2D eigenvalue weighted by molar-refractivity contribution is 6.14. The van der Waals surface area contributed by atoms with Crippen molar-refractivity contribution in [2.45, 2.75) is 19.3 Å². The van der Waals surface area contributed by atoms with Gasteiger partial charge < -0.3 is 14.4 Å². The average Bonchev–Trinajstić information content (AvgIpc) is 3.03. The molecular weight excluding hydrogens is 286 g/mol. The number of methoxy groups -OCH3 is 2. The van der Waals surface area contributed by atoms with Crippen molar-refractivity contribution in [2.24, 2.45) is 0 Å². The number of nitrogens with zero attached hydrogens (tertiary/aromatic N) is 1. The lowest BCUT2D eigenvalue weighted by Crippen LogP contribution is -2.19. The zero-order valence-corrected chi connectivity index (χ0v) is 13.3. The first-order valence-electron chi connectivity index (χ1n) is 6.91. The quantitative estimate of drug-likeness (QED) is 0.419. The Morgan fingerprint density at radius 2 is 1.68 bits per heavy atom. The number of rotatable bonds is 6. The van der Waals surface area contributed by atoms with E-state index in [1.165, 1.54) is 20.4 Å². The second kappa shape index (κ2) is 8.17. The third-order valence-corrected chi connectivity index (χ3v) is 3.12. The van der Waals surface area contributed by atoms with E-state index in [2.05, 4.69) is 9.47 Å². The van der Waals surface area contributed by atoms with Crippen molar-refractivity contribution < 1.29 is 23.9 Å². The van der Waals surface area contributed by atoms with Gasteiger partial charge in [0.15, 0.2) is 5.78 Å². The van der Waals surface area contributed by atoms with Crippen LogP contribution >= 0.6 is 0 Å². The molecular formula is C16H21NO5. The summed E-state index contributed by atoms with van der Waals surface area (Å²) in [5, 5.41) is 0. The number of ether oxygens (including phenoxy) is 2. The van der Waals surface area contributed by atoms with Crippen LogP contribution in [0.15, 0.2) is 35.1 Å². The van der Waals surface area contributed by atoms with Gasteiger partial charge in [-0.2, -0.15) is 0 Å². The lowest BCUT2D eigenvalue weighted by molar-refractivity contribution is -0.139. The molecule has 6 nitrogen and oxygen atoms in total. The molecule has 0 amide bonds. The van der Waals surface area contributed by atoms with Crippen molar-refractivity contribution in [3.05, 3.63) is 35.1 Å². The van der Waals surface area contributed by atoms with E-state index in [0.29, 0.717) is 12.0 Å². The largest absolute Gasteiger partial charge is 0.465 e. The minimum atomic E-state index is -0.759. The Balaban J connectivity index is 3.27. The molecule has 0 saturated carbocycles. The van der Waals surface area contributed by atoms with Gasteiger partial charge in [0.2, 0.25) is 0 Å². The predicted octanol–water partition coefficient (Wildman–Crippen LogP) is 1.38. The second-order valence-corrected chi connectivity index (χ2v) is 5.03. The number of hydrogen-bond donors (Lipinski definition) is 0. The molecule has 6 heteroatoms. The van der Waals surface area contributed by atoms with E-state index < -0.39 is 11.9 Å². The molecule has 120 valence electrons. The Morgan fingerprint density at radius 3 is 2.14 bits per heavy atom. The van der Waals surface area contributed by atoms with Crippen molar-refractivity contribution in [1.29, 1.82) is 0 Å². The SMILES string of the molecule is COC(=O)C(=C/C(=O)C1=CCCC1)/C(=C\N(C)C)C(=O)OC. The molecule has 0 aromatic heterocycles. The van der Waals surface area contributed by atoms with Gasteiger partial charge in [-0.1, -0.05) is 6.08 Å². The molecule has 0 aliphatic heterocycles. The van der Waals surface area contributed by atoms with Gasteiger partial charge in [-0.3, -0.25) is 4.79 Å². The fourth-order valence-corrected chi connectivity index (χ4v) is 2.08. The Kier molecular flexibility index (Phi) is 6.56. The van der Waals surface area contributed by atoms with Gasteiger partial charge in [0.25, 0.3) is 0 Å². The van der Waals surface area contributed by atoms with E-state index in [1.54, 1.807) is 19.0 Å². The van der Waals surface area contributed by atoms with Crippen LogP contribution in [0, 0.1) is 0 Å². The van der Waals surface area contributed by atoms with Gasteiger partial charge in [-0.15, -0.1) is 0 Å². The first-order valence-corrected chi connectivity index (χ1v) is 6.91. The van der Waals surface area contributed by atoms with E-state index in [9.17, 15) is 14.4 Å². The average molecular weight is 307 g/mol. The van der Waals surface area contributed by atoms with Gasteiger partial charge in [0.05, 0.1) is 25.4 Å². The maximum absolute atomic E-state index is 12.2. The summed E-state index contributed by atoms with van der Waals surface area (Å²) in [5.74, 6) is -1.75. The summed E-state index contributed by atoms with van der Waals surface area (Å²) in [6.45, 7) is 0. The highest BCUT2D eigenvalue weighted by Crippen LogP contribution is 2.21. The summed E-state index contributed by atoms with van der Waals surface area (Å²) >= 11 is 0. The summed E-state index contributed by atoms with van der Waals surface area (Å²) in [5.41, 5.74) is 0.516. The molecule has 0 aromatic rings. The van der Waals surface area contributed by atoms with Gasteiger partial charge in [-0.25, -0.2) is 9.59 Å². The molecule has 0 radical (unpaired) electrons. The maximum atomic E-state index is 12.2. The van der Waals surface area contributed by atoms with Crippen molar-refractivity contribution in [1.82, 2.24) is 4.90 Å². The fourth-order valence-electron chi connectivity index (χ4n) is 2.08. The lowest BCUT2D eigenvalue weighted by atomic mass is 10.0. The summed E-state index contributed by atoms with van der Waals surface area (Å²) in [6.07, 6.45) is 6.86. The number of esters is 2. The Hall–Kier alpha value is -2.37. The summed E-state index contributed by atoms with van der Waals surface area (Å²) in [7, 11) is 5.79. The van der Waals surface area contributed by atoms with Crippen molar-refractivity contribution in [3.8, 4) is 0 Å². The van der Waals surface area contributed by atoms with E-state index in [1.807, 2.05) is 6.08 Å². The highest BCUT2D eigenvalue weighted by Gasteiger charge is 2.25. The van der Waals surface area contributed by atoms with E-state index >= 15 is 0 Å². The Bertz CT molecular complexity index is 555. The van der Waals surface area contributed by atoms with E-state index in [4.69, 9.17) is 0 Å². The van der Waals surface area contributed by atoms with Gasteiger partial charge >= 0.3 is 11.9 Å². The number of ketones is 1. The van der Waals surface area contributed by atoms with Crippen LogP contribution in [0.2, 0.25) is 0 Å². The topological polar surface area (TPSA) is 72.9 Å². The zero-order valence-electron chi connectivity index (χ0n) is 13.3. The molecule has 0 saturated heterocycles. The van der Waals surface area contributed by atoms with Crippen LogP contribution < -0.4 is 0 Å². The standard InChI is InChI=1S/C16H21NO5/c1-17(2)10-13(16(20)22-4)12(15(19)21-3)9-14(18)11-7-5-6-8-11/h7,9-10H,5-6,8H2,1-4H3/b12-9+,13-10+. The first-order chi connectivity index (χ1) is 10.4. The zero-order chi connectivity index (χ0) is 16.7. The number of carbonyl (C=O) groups is 3. The maximum Gasteiger partial charge on any atom is 0.340 e. The van der Waals surface area contributed by atoms with Crippen LogP contribution in [-0.4, -0.2) is 50.9 Å². The van der Waals surface area contributed by atoms with Crippen LogP contribution in [0.4, 0.5) is 0 Å². The van der Waals surface area contributed by atoms with Crippen molar-refractivity contribution in [2.75, 3.05) is 28.3 Å². The smallest absolute Gasteiger partial charge is 0.340 e. The minimum absolute atomic E-state index is 0.0219. The molecule has 0 N–H and O–H groups in total. The molecule has 0 aromatic carbocycles. The predicted molar refractivity (Wildman–Crippen MR) is 80.8 cm³/mol. The number of hydrogen-bond acceptors (Lipinski definition) is 6. The van der Waals surface area contributed by atoms with Crippen molar-refractivity contribution in [3.63, 3.8) is 0 Å². The number of carbonyl (C=O) groups excluding carboxylic acids is 3. The molecule has 0 bridgehead atoms. The third kappa shape index (κ3) is 4.58. The first kappa shape index (κ1) is 17.7.